The van der Waals surface area contributed by atoms with Gasteiger partial charge in [-0.15, -0.1) is 0 Å². The molecule has 3 N–H and O–H groups in total. The van der Waals surface area contributed by atoms with Gasteiger partial charge in [0.1, 0.15) is 17.6 Å². The van der Waals surface area contributed by atoms with Crippen LogP contribution in [0.1, 0.15) is 0 Å². The van der Waals surface area contributed by atoms with Gasteiger partial charge in [-0.1, -0.05) is 34.5 Å². The number of nitrogens with zero attached hydrogens (tertiary/aromatic N) is 3. The second-order valence-electron chi connectivity index (χ2n) is 4.48. The standard InChI is InChI=1S/C12H14ClN3O4S/c13-6-2-1-3-7(4-6)21-12-11(19)9(15-16-14)10(18)8(5-17)20-12/h1-4,8-12,17-19H,5H2/t8?,9?,10-,11-,12+/m0/s1. The van der Waals surface area contributed by atoms with Crippen LogP contribution < -0.4 is 0 Å². The minimum atomic E-state index is -1.27. The molecule has 0 aromatic heterocycles. The summed E-state index contributed by atoms with van der Waals surface area (Å²) in [6.07, 6.45) is -3.40. The van der Waals surface area contributed by atoms with E-state index in [-0.39, 0.29) is 0 Å². The Hall–Kier alpha value is -0.990. The normalized spacial score (nSPS) is 32.5. The Bertz CT molecular complexity index is 543. The monoisotopic (exact) mass is 331 g/mol. The molecular weight excluding hydrogens is 318 g/mol. The molecule has 2 rings (SSSR count). The Kier molecular flexibility index (Phi) is 5.72. The van der Waals surface area contributed by atoms with Crippen LogP contribution in [0.15, 0.2) is 34.3 Å². The van der Waals surface area contributed by atoms with E-state index >= 15 is 0 Å². The highest BCUT2D eigenvalue weighted by Crippen LogP contribution is 2.35. The van der Waals surface area contributed by atoms with Crippen molar-refractivity contribution in [2.45, 2.75) is 34.7 Å². The molecule has 0 saturated carbocycles. The predicted molar refractivity (Wildman–Crippen MR) is 78.0 cm³/mol. The van der Waals surface area contributed by atoms with Gasteiger partial charge in [0.2, 0.25) is 0 Å². The molecule has 2 unspecified atom stereocenters. The van der Waals surface area contributed by atoms with Crippen molar-refractivity contribution in [3.8, 4) is 0 Å². The van der Waals surface area contributed by atoms with Crippen LogP contribution in [0, 0.1) is 0 Å². The zero-order valence-electron chi connectivity index (χ0n) is 10.8. The number of hydrogen-bond donors (Lipinski definition) is 3. The van der Waals surface area contributed by atoms with Crippen LogP contribution in [0.3, 0.4) is 0 Å². The number of aliphatic hydroxyl groups is 3. The van der Waals surface area contributed by atoms with Gasteiger partial charge in [0, 0.05) is 14.8 Å². The molecule has 9 heteroatoms. The number of aliphatic hydroxyl groups excluding tert-OH is 3. The molecule has 0 aliphatic carbocycles. The van der Waals surface area contributed by atoms with Crippen LogP contribution >= 0.6 is 23.4 Å². The molecule has 1 aromatic rings. The first kappa shape index (κ1) is 16.4. The van der Waals surface area contributed by atoms with E-state index in [2.05, 4.69) is 10.0 Å². The second kappa shape index (κ2) is 7.33. The van der Waals surface area contributed by atoms with E-state index in [1.165, 1.54) is 11.8 Å². The van der Waals surface area contributed by atoms with E-state index in [0.717, 1.165) is 4.90 Å². The average molecular weight is 332 g/mol. The number of halogens is 1. The van der Waals surface area contributed by atoms with Crippen molar-refractivity contribution in [3.63, 3.8) is 0 Å². The Morgan fingerprint density at radius 1 is 1.38 bits per heavy atom. The third-order valence-corrected chi connectivity index (χ3v) is 4.47. The van der Waals surface area contributed by atoms with E-state index in [4.69, 9.17) is 21.9 Å². The minimum Gasteiger partial charge on any atom is -0.394 e. The number of hydrogen-bond acceptors (Lipinski definition) is 6. The van der Waals surface area contributed by atoms with Gasteiger partial charge in [0.25, 0.3) is 0 Å². The second-order valence-corrected chi connectivity index (χ2v) is 6.09. The van der Waals surface area contributed by atoms with Crippen LogP contribution in [-0.2, 0) is 4.74 Å². The first-order valence-corrected chi connectivity index (χ1v) is 7.41. The van der Waals surface area contributed by atoms with Crippen LogP contribution in [0.25, 0.3) is 10.4 Å². The van der Waals surface area contributed by atoms with Gasteiger partial charge < -0.3 is 20.1 Å². The van der Waals surface area contributed by atoms with Gasteiger partial charge in [-0.25, -0.2) is 0 Å². The molecule has 1 heterocycles. The number of ether oxygens (including phenoxy) is 1. The summed E-state index contributed by atoms with van der Waals surface area (Å²) >= 11 is 7.07. The summed E-state index contributed by atoms with van der Waals surface area (Å²) < 4.78 is 5.47. The van der Waals surface area contributed by atoms with E-state index < -0.39 is 36.4 Å². The molecule has 0 spiro atoms. The van der Waals surface area contributed by atoms with Gasteiger partial charge in [-0.3, -0.25) is 0 Å². The number of thioether (sulfide) groups is 1. The number of rotatable bonds is 4. The minimum absolute atomic E-state index is 0.446. The molecule has 1 saturated heterocycles. The smallest absolute Gasteiger partial charge is 0.134 e. The van der Waals surface area contributed by atoms with E-state index in [1.54, 1.807) is 24.3 Å². The van der Waals surface area contributed by atoms with Crippen molar-refractivity contribution in [3.05, 3.63) is 39.7 Å². The van der Waals surface area contributed by atoms with Crippen LogP contribution in [0.4, 0.5) is 0 Å². The molecule has 1 fully saturated rings. The van der Waals surface area contributed by atoms with Gasteiger partial charge in [-0.2, -0.15) is 0 Å². The first-order valence-electron chi connectivity index (χ1n) is 6.15. The summed E-state index contributed by atoms with van der Waals surface area (Å²) in [6.45, 7) is -0.446. The molecule has 114 valence electrons. The third-order valence-electron chi connectivity index (χ3n) is 3.08. The molecular formula is C12H14ClN3O4S. The summed E-state index contributed by atoms with van der Waals surface area (Å²) in [5.74, 6) is 0. The van der Waals surface area contributed by atoms with Gasteiger partial charge in [0.15, 0.2) is 0 Å². The van der Waals surface area contributed by atoms with Crippen LogP contribution in [-0.4, -0.2) is 51.7 Å². The molecule has 1 aliphatic heterocycles. The Morgan fingerprint density at radius 2 is 2.14 bits per heavy atom. The molecule has 0 radical (unpaired) electrons. The van der Waals surface area contributed by atoms with Crippen molar-refractivity contribution in [2.24, 2.45) is 5.11 Å². The molecule has 0 amide bonds. The lowest BCUT2D eigenvalue weighted by molar-refractivity contribution is -0.159. The van der Waals surface area contributed by atoms with Crippen LogP contribution in [0.5, 0.6) is 0 Å². The number of benzene rings is 1. The maximum atomic E-state index is 10.2. The quantitative estimate of drug-likeness (QED) is 0.439. The summed E-state index contributed by atoms with van der Waals surface area (Å²) in [5, 5.41) is 33.3. The van der Waals surface area contributed by atoms with Crippen molar-refractivity contribution in [2.75, 3.05) is 6.61 Å². The van der Waals surface area contributed by atoms with Gasteiger partial charge in [0.05, 0.1) is 18.8 Å². The van der Waals surface area contributed by atoms with E-state index in [1.807, 2.05) is 0 Å². The van der Waals surface area contributed by atoms with Crippen molar-refractivity contribution in [1.82, 2.24) is 0 Å². The van der Waals surface area contributed by atoms with Crippen molar-refractivity contribution in [1.29, 1.82) is 0 Å². The molecule has 7 nitrogen and oxygen atoms in total. The summed E-state index contributed by atoms with van der Waals surface area (Å²) in [4.78, 5) is 3.37. The Morgan fingerprint density at radius 3 is 2.76 bits per heavy atom. The summed E-state index contributed by atoms with van der Waals surface area (Å²) in [5.41, 5.74) is 7.74. The largest absolute Gasteiger partial charge is 0.394 e. The third kappa shape index (κ3) is 3.81. The molecule has 1 aliphatic rings. The summed E-state index contributed by atoms with van der Waals surface area (Å²) in [6, 6.07) is 5.87. The predicted octanol–water partition coefficient (Wildman–Crippen LogP) is 1.55. The van der Waals surface area contributed by atoms with E-state index in [0.29, 0.717) is 5.02 Å². The Labute approximate surface area is 130 Å². The zero-order chi connectivity index (χ0) is 15.4. The topological polar surface area (TPSA) is 119 Å². The zero-order valence-corrected chi connectivity index (χ0v) is 12.4. The van der Waals surface area contributed by atoms with Crippen molar-refractivity contribution < 1.29 is 20.1 Å². The fourth-order valence-electron chi connectivity index (χ4n) is 2.04. The highest BCUT2D eigenvalue weighted by molar-refractivity contribution is 7.99. The van der Waals surface area contributed by atoms with Gasteiger partial charge in [-0.05, 0) is 23.7 Å². The summed E-state index contributed by atoms with van der Waals surface area (Å²) in [7, 11) is 0. The molecule has 21 heavy (non-hydrogen) atoms. The fourth-order valence-corrected chi connectivity index (χ4v) is 3.41. The lowest BCUT2D eigenvalue weighted by Gasteiger charge is -2.40. The highest BCUT2D eigenvalue weighted by atomic mass is 35.5. The maximum Gasteiger partial charge on any atom is 0.134 e. The lowest BCUT2D eigenvalue weighted by atomic mass is 9.98. The number of azide groups is 1. The fraction of sp³-hybridized carbons (Fsp3) is 0.500. The van der Waals surface area contributed by atoms with Gasteiger partial charge >= 0.3 is 0 Å². The Balaban J connectivity index is 2.19. The molecule has 5 atom stereocenters. The van der Waals surface area contributed by atoms with Crippen molar-refractivity contribution >= 4 is 23.4 Å². The average Bonchev–Trinajstić information content (AvgIpc) is 2.46. The first-order chi connectivity index (χ1) is 10.1. The molecule has 0 bridgehead atoms. The van der Waals surface area contributed by atoms with Crippen LogP contribution in [0.2, 0.25) is 5.02 Å². The highest BCUT2D eigenvalue weighted by Gasteiger charge is 2.44. The van der Waals surface area contributed by atoms with E-state index in [9.17, 15) is 15.3 Å². The molecule has 1 aromatic carbocycles. The SMILES string of the molecule is [N-]=[N+]=NC1[C@@H](O)C(CO)O[C@H](Sc2cccc(Cl)c2)[C@H]1O. The lowest BCUT2D eigenvalue weighted by Crippen LogP contribution is -2.56. The maximum absolute atomic E-state index is 10.2.